The van der Waals surface area contributed by atoms with Crippen molar-refractivity contribution in [3.8, 4) is 10.8 Å². The van der Waals surface area contributed by atoms with Gasteiger partial charge in [-0.15, -0.1) is 11.3 Å². The van der Waals surface area contributed by atoms with Gasteiger partial charge in [-0.1, -0.05) is 6.07 Å². The predicted octanol–water partition coefficient (Wildman–Crippen LogP) is 3.45. The second-order valence-electron chi connectivity index (χ2n) is 6.00. The first kappa shape index (κ1) is 19.3. The molecule has 9 heteroatoms. The number of hydrogen-bond donors (Lipinski definition) is 1. The highest BCUT2D eigenvalue weighted by Crippen LogP contribution is 2.24. The van der Waals surface area contributed by atoms with Gasteiger partial charge in [0.1, 0.15) is 18.6 Å². The molecular formula is C18H18N2O5S2. The van der Waals surface area contributed by atoms with Crippen molar-refractivity contribution in [1.82, 2.24) is 9.71 Å². The Kier molecular flexibility index (Phi) is 5.73. The molecule has 0 aliphatic rings. The molecule has 0 unspecified atom stereocenters. The van der Waals surface area contributed by atoms with Gasteiger partial charge in [0.05, 0.1) is 15.3 Å². The first-order chi connectivity index (χ1) is 12.8. The van der Waals surface area contributed by atoms with E-state index in [0.717, 1.165) is 4.88 Å². The highest BCUT2D eigenvalue weighted by molar-refractivity contribution is 7.89. The molecule has 7 nitrogen and oxygen atoms in total. The monoisotopic (exact) mass is 406 g/mol. The van der Waals surface area contributed by atoms with Gasteiger partial charge < -0.3 is 9.15 Å². The minimum Gasteiger partial charge on any atom is -0.455 e. The largest absolute Gasteiger partial charge is 0.455 e. The van der Waals surface area contributed by atoms with Crippen LogP contribution in [0.3, 0.4) is 0 Å². The van der Waals surface area contributed by atoms with Crippen molar-refractivity contribution in [2.75, 3.05) is 0 Å². The summed E-state index contributed by atoms with van der Waals surface area (Å²) in [6, 6.07) is 9.12. The fraction of sp³-hybridized carbons (Fsp3) is 0.222. The predicted molar refractivity (Wildman–Crippen MR) is 101 cm³/mol. The second kappa shape index (κ2) is 8.03. The van der Waals surface area contributed by atoms with Crippen LogP contribution in [-0.2, 0) is 21.4 Å². The molecule has 27 heavy (non-hydrogen) atoms. The van der Waals surface area contributed by atoms with Crippen LogP contribution < -0.4 is 4.72 Å². The molecule has 0 radical (unpaired) electrons. The van der Waals surface area contributed by atoms with Gasteiger partial charge in [0, 0.05) is 6.04 Å². The topological polar surface area (TPSA) is 98.5 Å². The van der Waals surface area contributed by atoms with Gasteiger partial charge in [-0.05, 0) is 49.6 Å². The van der Waals surface area contributed by atoms with Crippen molar-refractivity contribution in [3.63, 3.8) is 0 Å². The Balaban J connectivity index is 1.62. The molecule has 3 rings (SSSR count). The molecule has 0 amide bonds. The number of oxazole rings is 1. The van der Waals surface area contributed by atoms with Gasteiger partial charge in [0.15, 0.2) is 0 Å². The molecule has 1 aromatic carbocycles. The molecule has 0 aliphatic heterocycles. The fourth-order valence-corrected chi connectivity index (χ4v) is 4.16. The normalized spacial score (nSPS) is 11.7. The fourth-order valence-electron chi connectivity index (χ4n) is 2.26. The number of thiophene rings is 1. The summed E-state index contributed by atoms with van der Waals surface area (Å²) >= 11 is 1.50. The Morgan fingerprint density at radius 1 is 1.26 bits per heavy atom. The van der Waals surface area contributed by atoms with Crippen LogP contribution in [-0.4, -0.2) is 25.4 Å². The van der Waals surface area contributed by atoms with E-state index in [9.17, 15) is 13.2 Å². The van der Waals surface area contributed by atoms with Crippen LogP contribution in [0.25, 0.3) is 10.8 Å². The van der Waals surface area contributed by atoms with Crippen LogP contribution in [0.5, 0.6) is 0 Å². The third-order valence-electron chi connectivity index (χ3n) is 3.43. The van der Waals surface area contributed by atoms with Crippen molar-refractivity contribution in [2.45, 2.75) is 31.4 Å². The number of benzene rings is 1. The number of nitrogens with zero attached hydrogens (tertiary/aromatic N) is 1. The van der Waals surface area contributed by atoms with E-state index in [1.54, 1.807) is 13.8 Å². The smallest absolute Gasteiger partial charge is 0.338 e. The Morgan fingerprint density at radius 2 is 2.00 bits per heavy atom. The summed E-state index contributed by atoms with van der Waals surface area (Å²) in [6.07, 6.45) is 1.44. The summed E-state index contributed by atoms with van der Waals surface area (Å²) in [6.45, 7) is 3.43. The average Bonchev–Trinajstić information content (AvgIpc) is 3.30. The van der Waals surface area contributed by atoms with Crippen LogP contribution in [0.1, 0.15) is 29.9 Å². The van der Waals surface area contributed by atoms with Crippen molar-refractivity contribution in [3.05, 3.63) is 59.3 Å². The maximum atomic E-state index is 12.1. The standard InChI is InChI=1S/C18H18N2O5S2/c1-12(2)20-27(22,23)15-7-5-13(6-8-15)18(21)25-11-14-10-24-17(19-14)16-4-3-9-26-16/h3-10,12,20H,11H2,1-2H3. The maximum absolute atomic E-state index is 12.1. The van der Waals surface area contributed by atoms with Crippen molar-refractivity contribution >= 4 is 27.3 Å². The number of nitrogens with one attached hydrogen (secondary N) is 1. The second-order valence-corrected chi connectivity index (χ2v) is 8.66. The Hall–Kier alpha value is -2.49. The quantitative estimate of drug-likeness (QED) is 0.604. The minimum absolute atomic E-state index is 0.0390. The molecule has 3 aromatic rings. The van der Waals surface area contributed by atoms with Gasteiger partial charge in [0.2, 0.25) is 15.9 Å². The van der Waals surface area contributed by atoms with Gasteiger partial charge in [-0.3, -0.25) is 0 Å². The van der Waals surface area contributed by atoms with E-state index < -0.39 is 16.0 Å². The Labute approximate surface area is 161 Å². The number of carbonyl (C=O) groups is 1. The molecule has 0 fully saturated rings. The number of carbonyl (C=O) groups excluding carboxylic acids is 1. The van der Waals surface area contributed by atoms with E-state index in [1.165, 1.54) is 41.9 Å². The lowest BCUT2D eigenvalue weighted by Crippen LogP contribution is -2.30. The van der Waals surface area contributed by atoms with E-state index in [2.05, 4.69) is 9.71 Å². The van der Waals surface area contributed by atoms with Crippen molar-refractivity contribution in [2.24, 2.45) is 0 Å². The molecular weight excluding hydrogens is 388 g/mol. The highest BCUT2D eigenvalue weighted by atomic mass is 32.2. The minimum atomic E-state index is -3.60. The van der Waals surface area contributed by atoms with E-state index >= 15 is 0 Å². The summed E-state index contributed by atoms with van der Waals surface area (Å²) < 4.78 is 37.2. The molecule has 2 heterocycles. The van der Waals surface area contributed by atoms with Crippen LogP contribution in [0.4, 0.5) is 0 Å². The SMILES string of the molecule is CC(C)NS(=O)(=O)c1ccc(C(=O)OCc2coc(-c3cccs3)n2)cc1. The number of rotatable bonds is 7. The van der Waals surface area contributed by atoms with E-state index in [4.69, 9.17) is 9.15 Å². The zero-order valence-corrected chi connectivity index (χ0v) is 16.3. The third kappa shape index (κ3) is 4.82. The van der Waals surface area contributed by atoms with Crippen molar-refractivity contribution in [1.29, 1.82) is 0 Å². The summed E-state index contributed by atoms with van der Waals surface area (Å²) in [5, 5.41) is 1.92. The molecule has 0 aliphatic carbocycles. The summed E-state index contributed by atoms with van der Waals surface area (Å²) in [7, 11) is -3.60. The molecule has 142 valence electrons. The van der Waals surface area contributed by atoms with Gasteiger partial charge >= 0.3 is 5.97 Å². The lowest BCUT2D eigenvalue weighted by Gasteiger charge is -2.10. The molecule has 0 saturated carbocycles. The van der Waals surface area contributed by atoms with Crippen LogP contribution >= 0.6 is 11.3 Å². The Morgan fingerprint density at radius 3 is 2.63 bits per heavy atom. The van der Waals surface area contributed by atoms with Gasteiger partial charge in [-0.2, -0.15) is 0 Å². The van der Waals surface area contributed by atoms with E-state index in [0.29, 0.717) is 11.6 Å². The van der Waals surface area contributed by atoms with Crippen molar-refractivity contribution < 1.29 is 22.4 Å². The van der Waals surface area contributed by atoms with Gasteiger partial charge in [0.25, 0.3) is 0 Å². The summed E-state index contributed by atoms with van der Waals surface area (Å²) in [5.41, 5.74) is 0.743. The summed E-state index contributed by atoms with van der Waals surface area (Å²) in [5.74, 6) is -0.0975. The highest BCUT2D eigenvalue weighted by Gasteiger charge is 2.17. The molecule has 0 bridgehead atoms. The molecule has 2 aromatic heterocycles. The molecule has 0 spiro atoms. The zero-order valence-electron chi connectivity index (χ0n) is 14.7. The van der Waals surface area contributed by atoms with Crippen LogP contribution in [0, 0.1) is 0 Å². The first-order valence-electron chi connectivity index (χ1n) is 8.13. The Bertz CT molecular complexity index is 1010. The third-order valence-corrected chi connectivity index (χ3v) is 5.96. The number of sulfonamides is 1. The van der Waals surface area contributed by atoms with Crippen LogP contribution in [0.15, 0.2) is 57.4 Å². The van der Waals surface area contributed by atoms with E-state index in [-0.39, 0.29) is 23.1 Å². The first-order valence-corrected chi connectivity index (χ1v) is 10.5. The lowest BCUT2D eigenvalue weighted by molar-refractivity contribution is 0.0467. The van der Waals surface area contributed by atoms with E-state index in [1.807, 2.05) is 17.5 Å². The number of aromatic nitrogens is 1. The lowest BCUT2D eigenvalue weighted by atomic mass is 10.2. The molecule has 0 saturated heterocycles. The zero-order chi connectivity index (χ0) is 19.4. The number of ether oxygens (including phenoxy) is 1. The summed E-state index contributed by atoms with van der Waals surface area (Å²) in [4.78, 5) is 17.4. The number of hydrogen-bond acceptors (Lipinski definition) is 7. The van der Waals surface area contributed by atoms with Gasteiger partial charge in [-0.25, -0.2) is 22.9 Å². The van der Waals surface area contributed by atoms with Crippen LogP contribution in [0.2, 0.25) is 0 Å². The maximum Gasteiger partial charge on any atom is 0.338 e. The number of esters is 1. The molecule has 0 atom stereocenters. The average molecular weight is 406 g/mol. The molecule has 1 N–H and O–H groups in total.